The first-order chi connectivity index (χ1) is 17.3. The van der Waals surface area contributed by atoms with Crippen LogP contribution in [-0.2, 0) is 23.9 Å². The number of allylic oxidation sites excluding steroid dienone is 3. The molecule has 2 aromatic rings. The molecule has 1 aliphatic heterocycles. The number of dihydropyridines is 1. The number of ketones is 1. The molecule has 0 fully saturated rings. The van der Waals surface area contributed by atoms with Crippen LogP contribution in [0.15, 0.2) is 77.1 Å². The lowest BCUT2D eigenvalue weighted by molar-refractivity contribution is -0.151. The van der Waals surface area contributed by atoms with Crippen molar-refractivity contribution < 1.29 is 28.6 Å². The molecule has 0 radical (unpaired) electrons. The zero-order chi connectivity index (χ0) is 25.8. The van der Waals surface area contributed by atoms with Gasteiger partial charge >= 0.3 is 11.9 Å². The summed E-state index contributed by atoms with van der Waals surface area (Å²) in [5.74, 6) is -2.53. The second-order valence-electron chi connectivity index (χ2n) is 9.19. The molecular formula is C29H31NO6. The Kier molecular flexibility index (Phi) is 7.58. The fourth-order valence-electron chi connectivity index (χ4n) is 5.06. The third kappa shape index (κ3) is 4.91. The lowest BCUT2D eigenvalue weighted by atomic mass is 9.68. The van der Waals surface area contributed by atoms with Crippen molar-refractivity contribution in [3.05, 3.63) is 88.3 Å². The van der Waals surface area contributed by atoms with E-state index in [-0.39, 0.29) is 24.9 Å². The van der Waals surface area contributed by atoms with Crippen LogP contribution in [0.2, 0.25) is 0 Å². The SMILES string of the molecule is COC(=O)[C@@H]1C(=O)C2=C(C[C@H]1C)NC(C)=C(C(=O)OCCOc1ccccc1)[C@H]2c1ccccc1C. The van der Waals surface area contributed by atoms with Gasteiger partial charge in [0.05, 0.1) is 12.7 Å². The van der Waals surface area contributed by atoms with Gasteiger partial charge in [0.15, 0.2) is 5.78 Å². The molecule has 0 aromatic heterocycles. The normalized spacial score (nSPS) is 21.4. The van der Waals surface area contributed by atoms with E-state index in [1.807, 2.05) is 75.4 Å². The molecule has 1 aliphatic carbocycles. The van der Waals surface area contributed by atoms with Gasteiger partial charge in [-0.2, -0.15) is 0 Å². The van der Waals surface area contributed by atoms with Gasteiger partial charge in [-0.3, -0.25) is 9.59 Å². The zero-order valence-electron chi connectivity index (χ0n) is 21.0. The number of ether oxygens (including phenoxy) is 3. The highest BCUT2D eigenvalue weighted by molar-refractivity contribution is 6.12. The van der Waals surface area contributed by atoms with Crippen LogP contribution in [0.4, 0.5) is 0 Å². The van der Waals surface area contributed by atoms with Gasteiger partial charge in [0, 0.05) is 22.9 Å². The average molecular weight is 490 g/mol. The first kappa shape index (κ1) is 25.2. The molecule has 1 N–H and O–H groups in total. The molecule has 0 saturated carbocycles. The number of methoxy groups -OCH3 is 1. The number of para-hydroxylation sites is 1. The highest BCUT2D eigenvalue weighted by Crippen LogP contribution is 2.46. The summed E-state index contributed by atoms with van der Waals surface area (Å²) in [5, 5.41) is 3.28. The smallest absolute Gasteiger partial charge is 0.336 e. The first-order valence-electron chi connectivity index (χ1n) is 12.1. The van der Waals surface area contributed by atoms with E-state index in [1.165, 1.54) is 7.11 Å². The van der Waals surface area contributed by atoms with Gasteiger partial charge in [-0.25, -0.2) is 4.79 Å². The van der Waals surface area contributed by atoms with Gasteiger partial charge in [-0.15, -0.1) is 0 Å². The number of nitrogens with one attached hydrogen (secondary N) is 1. The van der Waals surface area contributed by atoms with Crippen molar-refractivity contribution >= 4 is 17.7 Å². The van der Waals surface area contributed by atoms with Crippen LogP contribution >= 0.6 is 0 Å². The van der Waals surface area contributed by atoms with Gasteiger partial charge in [0.25, 0.3) is 0 Å². The Morgan fingerprint density at radius 1 is 1.00 bits per heavy atom. The minimum absolute atomic E-state index is 0.0483. The molecule has 7 heteroatoms. The topological polar surface area (TPSA) is 90.9 Å². The molecule has 2 aromatic carbocycles. The molecule has 0 unspecified atom stereocenters. The summed E-state index contributed by atoms with van der Waals surface area (Å²) in [6.07, 6.45) is 0.494. The summed E-state index contributed by atoms with van der Waals surface area (Å²) in [6.45, 7) is 5.86. The maximum atomic E-state index is 13.8. The van der Waals surface area contributed by atoms with Crippen LogP contribution < -0.4 is 10.1 Å². The third-order valence-corrected chi connectivity index (χ3v) is 6.79. The predicted octanol–water partition coefficient (Wildman–Crippen LogP) is 4.23. The predicted molar refractivity (Wildman–Crippen MR) is 134 cm³/mol. The standard InChI is InChI=1S/C29H31NO6/c1-17-10-8-9-13-21(17)25-24(29(33)36-15-14-35-20-11-6-5-7-12-20)19(3)30-22-16-18(2)23(28(32)34-4)27(31)26(22)25/h5-13,18,23,25,30H,14-16H2,1-4H3/t18-,23+,25-/m1/s1. The Morgan fingerprint density at radius 2 is 1.69 bits per heavy atom. The maximum absolute atomic E-state index is 13.8. The number of hydrogen-bond acceptors (Lipinski definition) is 7. The van der Waals surface area contributed by atoms with E-state index < -0.39 is 23.8 Å². The van der Waals surface area contributed by atoms with Crippen LogP contribution in [0.5, 0.6) is 5.75 Å². The minimum atomic E-state index is -0.919. The highest BCUT2D eigenvalue weighted by atomic mass is 16.6. The first-order valence-corrected chi connectivity index (χ1v) is 12.1. The third-order valence-electron chi connectivity index (χ3n) is 6.79. The largest absolute Gasteiger partial charge is 0.490 e. The number of Topliss-reactive ketones (excluding diaryl/α,β-unsaturated/α-hetero) is 1. The summed E-state index contributed by atoms with van der Waals surface area (Å²) in [7, 11) is 1.29. The molecular weight excluding hydrogens is 458 g/mol. The second kappa shape index (κ2) is 10.8. The Morgan fingerprint density at radius 3 is 2.39 bits per heavy atom. The molecule has 3 atom stereocenters. The van der Waals surface area contributed by atoms with E-state index in [2.05, 4.69) is 5.32 Å². The van der Waals surface area contributed by atoms with E-state index in [9.17, 15) is 14.4 Å². The Hall–Kier alpha value is -3.87. The summed E-state index contributed by atoms with van der Waals surface area (Å²) in [5.41, 5.74) is 3.91. The van der Waals surface area contributed by atoms with Gasteiger partial charge in [0.1, 0.15) is 24.9 Å². The summed E-state index contributed by atoms with van der Waals surface area (Å²) in [6, 6.07) is 16.9. The van der Waals surface area contributed by atoms with Crippen molar-refractivity contribution in [1.29, 1.82) is 0 Å². The second-order valence-corrected chi connectivity index (χ2v) is 9.19. The fourth-order valence-corrected chi connectivity index (χ4v) is 5.06. The van der Waals surface area contributed by atoms with Crippen molar-refractivity contribution in [2.24, 2.45) is 11.8 Å². The Bertz CT molecular complexity index is 1230. The Labute approximate surface area is 211 Å². The van der Waals surface area contributed by atoms with Gasteiger partial charge < -0.3 is 19.5 Å². The maximum Gasteiger partial charge on any atom is 0.336 e. The van der Waals surface area contributed by atoms with Crippen molar-refractivity contribution in [3.63, 3.8) is 0 Å². The number of benzene rings is 2. The molecule has 36 heavy (non-hydrogen) atoms. The minimum Gasteiger partial charge on any atom is -0.490 e. The number of esters is 2. The quantitative estimate of drug-likeness (QED) is 0.354. The van der Waals surface area contributed by atoms with Crippen LogP contribution in [-0.4, -0.2) is 38.0 Å². The summed E-state index contributed by atoms with van der Waals surface area (Å²) < 4.78 is 16.2. The number of rotatable bonds is 7. The summed E-state index contributed by atoms with van der Waals surface area (Å²) >= 11 is 0. The van der Waals surface area contributed by atoms with Gasteiger partial charge in [-0.1, -0.05) is 49.4 Å². The van der Waals surface area contributed by atoms with E-state index in [4.69, 9.17) is 14.2 Å². The lowest BCUT2D eigenvalue weighted by Crippen LogP contribution is -2.43. The molecule has 0 bridgehead atoms. The van der Waals surface area contributed by atoms with Crippen LogP contribution in [0.3, 0.4) is 0 Å². The van der Waals surface area contributed by atoms with Crippen LogP contribution in [0.1, 0.15) is 37.3 Å². The molecule has 188 valence electrons. The molecule has 7 nitrogen and oxygen atoms in total. The van der Waals surface area contributed by atoms with E-state index >= 15 is 0 Å². The number of carbonyl (C=O) groups is 3. The molecule has 0 amide bonds. The van der Waals surface area contributed by atoms with E-state index in [0.717, 1.165) is 16.8 Å². The number of aryl methyl sites for hydroxylation is 1. The molecule has 1 heterocycles. The highest BCUT2D eigenvalue weighted by Gasteiger charge is 2.47. The van der Waals surface area contributed by atoms with E-state index in [1.54, 1.807) is 0 Å². The monoisotopic (exact) mass is 489 g/mol. The van der Waals surface area contributed by atoms with Crippen molar-refractivity contribution in [2.45, 2.75) is 33.1 Å². The number of hydrogen-bond donors (Lipinski definition) is 1. The van der Waals surface area contributed by atoms with Crippen molar-refractivity contribution in [1.82, 2.24) is 5.32 Å². The van der Waals surface area contributed by atoms with Crippen molar-refractivity contribution in [3.8, 4) is 5.75 Å². The average Bonchev–Trinajstić information content (AvgIpc) is 2.86. The lowest BCUT2D eigenvalue weighted by Gasteiger charge is -2.38. The van der Waals surface area contributed by atoms with Gasteiger partial charge in [0.2, 0.25) is 0 Å². The molecule has 0 spiro atoms. The Balaban J connectivity index is 1.65. The number of carbonyl (C=O) groups excluding carboxylic acids is 3. The van der Waals surface area contributed by atoms with Crippen LogP contribution in [0, 0.1) is 18.8 Å². The fraction of sp³-hybridized carbons (Fsp3) is 0.345. The van der Waals surface area contributed by atoms with Gasteiger partial charge in [-0.05, 0) is 49.4 Å². The zero-order valence-corrected chi connectivity index (χ0v) is 21.0. The molecule has 0 saturated heterocycles. The molecule has 4 rings (SSSR count). The van der Waals surface area contributed by atoms with Crippen LogP contribution in [0.25, 0.3) is 0 Å². The summed E-state index contributed by atoms with van der Waals surface area (Å²) in [4.78, 5) is 39.7. The van der Waals surface area contributed by atoms with E-state index in [0.29, 0.717) is 29.0 Å². The molecule has 2 aliphatic rings. The van der Waals surface area contributed by atoms with Crippen molar-refractivity contribution in [2.75, 3.05) is 20.3 Å².